The average molecular weight is 292 g/mol. The summed E-state index contributed by atoms with van der Waals surface area (Å²) < 4.78 is 0. The molecular weight excluding hydrogens is 272 g/mol. The van der Waals surface area contributed by atoms with E-state index in [2.05, 4.69) is 28.5 Å². The molecule has 2 aromatic carbocycles. The van der Waals surface area contributed by atoms with E-state index in [0.717, 1.165) is 28.8 Å². The van der Waals surface area contributed by atoms with Crippen LogP contribution < -0.4 is 5.32 Å². The Morgan fingerprint density at radius 2 is 1.95 bits per heavy atom. The number of nitrogens with one attached hydrogen (secondary N) is 2. The van der Waals surface area contributed by atoms with E-state index < -0.39 is 0 Å². The van der Waals surface area contributed by atoms with E-state index in [1.54, 1.807) is 0 Å². The lowest BCUT2D eigenvalue weighted by atomic mass is 10.1. The molecule has 1 heterocycles. The number of benzene rings is 2. The molecule has 3 aromatic rings. The van der Waals surface area contributed by atoms with Gasteiger partial charge in [0, 0.05) is 29.2 Å². The number of aryl methyl sites for hydroxylation is 3. The summed E-state index contributed by atoms with van der Waals surface area (Å²) in [6.07, 6.45) is 3.21. The summed E-state index contributed by atoms with van der Waals surface area (Å²) >= 11 is 0. The molecule has 0 aliphatic carbocycles. The number of rotatable bonds is 4. The Balaban J connectivity index is 1.66. The maximum absolute atomic E-state index is 12.2. The van der Waals surface area contributed by atoms with Crippen LogP contribution >= 0.6 is 0 Å². The van der Waals surface area contributed by atoms with Gasteiger partial charge in [0.25, 0.3) is 0 Å². The van der Waals surface area contributed by atoms with Gasteiger partial charge in [0.2, 0.25) is 5.91 Å². The highest BCUT2D eigenvalue weighted by molar-refractivity contribution is 5.92. The van der Waals surface area contributed by atoms with Crippen molar-refractivity contribution in [2.45, 2.75) is 26.7 Å². The molecule has 0 atom stereocenters. The quantitative estimate of drug-likeness (QED) is 0.737. The van der Waals surface area contributed by atoms with Crippen molar-refractivity contribution in [1.82, 2.24) is 4.98 Å². The first-order valence-corrected chi connectivity index (χ1v) is 7.55. The SMILES string of the molecule is Cc1ccc(C)c(NC(=O)CCc2c[nH]c3ccccc23)c1. The molecule has 0 fully saturated rings. The molecule has 0 spiro atoms. The normalized spacial score (nSPS) is 10.8. The minimum atomic E-state index is 0.0546. The Hall–Kier alpha value is -2.55. The van der Waals surface area contributed by atoms with Crippen LogP contribution in [0.25, 0.3) is 10.9 Å². The van der Waals surface area contributed by atoms with Gasteiger partial charge in [-0.2, -0.15) is 0 Å². The summed E-state index contributed by atoms with van der Waals surface area (Å²) in [5.74, 6) is 0.0546. The van der Waals surface area contributed by atoms with Crippen LogP contribution in [0.3, 0.4) is 0 Å². The molecule has 3 rings (SSSR count). The van der Waals surface area contributed by atoms with Crippen molar-refractivity contribution in [2.75, 3.05) is 5.32 Å². The molecule has 0 aliphatic rings. The number of aromatic amines is 1. The van der Waals surface area contributed by atoms with Crippen LogP contribution in [0.1, 0.15) is 23.1 Å². The molecule has 1 aromatic heterocycles. The molecule has 0 saturated carbocycles. The summed E-state index contributed by atoms with van der Waals surface area (Å²) in [7, 11) is 0. The third kappa shape index (κ3) is 3.03. The summed E-state index contributed by atoms with van der Waals surface area (Å²) in [6, 6.07) is 14.3. The van der Waals surface area contributed by atoms with E-state index >= 15 is 0 Å². The third-order valence-electron chi connectivity index (χ3n) is 3.96. The standard InChI is InChI=1S/C19H20N2O/c1-13-7-8-14(2)18(11-13)21-19(22)10-9-15-12-20-17-6-4-3-5-16(15)17/h3-8,11-12,20H,9-10H2,1-2H3,(H,21,22). The number of carbonyl (C=O) groups excluding carboxylic acids is 1. The molecule has 3 nitrogen and oxygen atoms in total. The van der Waals surface area contributed by atoms with Gasteiger partial charge >= 0.3 is 0 Å². The molecule has 0 bridgehead atoms. The molecule has 22 heavy (non-hydrogen) atoms. The minimum Gasteiger partial charge on any atom is -0.361 e. The Morgan fingerprint density at radius 1 is 1.14 bits per heavy atom. The smallest absolute Gasteiger partial charge is 0.224 e. The van der Waals surface area contributed by atoms with Crippen molar-refractivity contribution in [1.29, 1.82) is 0 Å². The number of carbonyl (C=O) groups is 1. The van der Waals surface area contributed by atoms with E-state index in [1.807, 2.05) is 44.3 Å². The third-order valence-corrected chi connectivity index (χ3v) is 3.96. The van der Waals surface area contributed by atoms with Crippen LogP contribution in [0, 0.1) is 13.8 Å². The fraction of sp³-hybridized carbons (Fsp3) is 0.211. The van der Waals surface area contributed by atoms with Crippen molar-refractivity contribution in [3.63, 3.8) is 0 Å². The van der Waals surface area contributed by atoms with Gasteiger partial charge in [-0.3, -0.25) is 4.79 Å². The topological polar surface area (TPSA) is 44.9 Å². The summed E-state index contributed by atoms with van der Waals surface area (Å²) in [4.78, 5) is 15.4. The number of hydrogen-bond acceptors (Lipinski definition) is 1. The maximum atomic E-state index is 12.2. The molecule has 0 aliphatic heterocycles. The summed E-state index contributed by atoms with van der Waals surface area (Å²) in [5, 5.41) is 4.21. The second-order valence-electron chi connectivity index (χ2n) is 5.73. The van der Waals surface area contributed by atoms with Gasteiger partial charge in [-0.1, -0.05) is 30.3 Å². The first kappa shape index (κ1) is 14.4. The zero-order valence-corrected chi connectivity index (χ0v) is 12.9. The predicted octanol–water partition coefficient (Wildman–Crippen LogP) is 4.36. The molecule has 112 valence electrons. The van der Waals surface area contributed by atoms with E-state index in [1.165, 1.54) is 10.9 Å². The van der Waals surface area contributed by atoms with Crippen LogP contribution in [-0.2, 0) is 11.2 Å². The maximum Gasteiger partial charge on any atom is 0.224 e. The van der Waals surface area contributed by atoms with Crippen molar-refractivity contribution in [3.8, 4) is 0 Å². The van der Waals surface area contributed by atoms with Gasteiger partial charge in [0.15, 0.2) is 0 Å². The zero-order valence-electron chi connectivity index (χ0n) is 12.9. The predicted molar refractivity (Wildman–Crippen MR) is 91.2 cm³/mol. The molecule has 3 heteroatoms. The van der Waals surface area contributed by atoms with Gasteiger partial charge in [-0.05, 0) is 49.1 Å². The number of aromatic nitrogens is 1. The van der Waals surface area contributed by atoms with E-state index in [9.17, 15) is 4.79 Å². The number of hydrogen-bond donors (Lipinski definition) is 2. The second kappa shape index (κ2) is 6.06. The molecule has 1 amide bonds. The van der Waals surface area contributed by atoms with Crippen molar-refractivity contribution < 1.29 is 4.79 Å². The van der Waals surface area contributed by atoms with Gasteiger partial charge < -0.3 is 10.3 Å². The minimum absolute atomic E-state index is 0.0546. The highest BCUT2D eigenvalue weighted by Crippen LogP contribution is 2.20. The second-order valence-corrected chi connectivity index (χ2v) is 5.73. The van der Waals surface area contributed by atoms with Crippen LogP contribution in [-0.4, -0.2) is 10.9 Å². The molecule has 0 saturated heterocycles. The highest BCUT2D eigenvalue weighted by atomic mass is 16.1. The molecule has 2 N–H and O–H groups in total. The Bertz CT molecular complexity index is 817. The fourth-order valence-electron chi connectivity index (χ4n) is 2.67. The zero-order chi connectivity index (χ0) is 15.5. The van der Waals surface area contributed by atoms with Crippen molar-refractivity contribution in [3.05, 3.63) is 65.4 Å². The van der Waals surface area contributed by atoms with E-state index in [4.69, 9.17) is 0 Å². The Kier molecular flexibility index (Phi) is 3.96. The van der Waals surface area contributed by atoms with Gasteiger partial charge in [-0.15, -0.1) is 0 Å². The lowest BCUT2D eigenvalue weighted by Gasteiger charge is -2.09. The summed E-state index contributed by atoms with van der Waals surface area (Å²) in [6.45, 7) is 4.04. The van der Waals surface area contributed by atoms with Gasteiger partial charge in [-0.25, -0.2) is 0 Å². The number of amides is 1. The van der Waals surface area contributed by atoms with Crippen molar-refractivity contribution >= 4 is 22.5 Å². The molecule has 0 unspecified atom stereocenters. The van der Waals surface area contributed by atoms with Gasteiger partial charge in [0.1, 0.15) is 0 Å². The summed E-state index contributed by atoms with van der Waals surface area (Å²) in [5.41, 5.74) is 5.45. The van der Waals surface area contributed by atoms with Crippen LogP contribution in [0.15, 0.2) is 48.7 Å². The number of fused-ring (bicyclic) bond motifs is 1. The first-order chi connectivity index (χ1) is 10.6. The van der Waals surface area contributed by atoms with Crippen molar-refractivity contribution in [2.24, 2.45) is 0 Å². The number of anilines is 1. The molecule has 0 radical (unpaired) electrons. The molecular formula is C19H20N2O. The number of para-hydroxylation sites is 1. The lowest BCUT2D eigenvalue weighted by Crippen LogP contribution is -2.13. The van der Waals surface area contributed by atoms with Gasteiger partial charge in [0.05, 0.1) is 0 Å². The average Bonchev–Trinajstić information content (AvgIpc) is 2.92. The Morgan fingerprint density at radius 3 is 2.82 bits per heavy atom. The fourth-order valence-corrected chi connectivity index (χ4v) is 2.67. The number of H-pyrrole nitrogens is 1. The Labute approximate surface area is 130 Å². The van der Waals surface area contributed by atoms with E-state index in [-0.39, 0.29) is 5.91 Å². The van der Waals surface area contributed by atoms with Crippen LogP contribution in [0.2, 0.25) is 0 Å². The largest absolute Gasteiger partial charge is 0.361 e. The van der Waals surface area contributed by atoms with E-state index in [0.29, 0.717) is 6.42 Å². The van der Waals surface area contributed by atoms with Crippen LogP contribution in [0.4, 0.5) is 5.69 Å². The van der Waals surface area contributed by atoms with Crippen LogP contribution in [0.5, 0.6) is 0 Å². The monoisotopic (exact) mass is 292 g/mol. The lowest BCUT2D eigenvalue weighted by molar-refractivity contribution is -0.116. The highest BCUT2D eigenvalue weighted by Gasteiger charge is 2.08. The first-order valence-electron chi connectivity index (χ1n) is 7.55.